The lowest BCUT2D eigenvalue weighted by Crippen LogP contribution is -2.22. The van der Waals surface area contributed by atoms with E-state index in [0.717, 1.165) is 6.42 Å². The normalized spacial score (nSPS) is 12.4. The molecule has 2 rings (SSSR count). The number of rotatable bonds is 6. The Labute approximate surface area is 115 Å². The van der Waals surface area contributed by atoms with Crippen LogP contribution in [0.5, 0.6) is 0 Å². The summed E-state index contributed by atoms with van der Waals surface area (Å²) in [5.41, 5.74) is 0. The van der Waals surface area contributed by atoms with Crippen LogP contribution in [-0.4, -0.2) is 42.5 Å². The Morgan fingerprint density at radius 1 is 1.42 bits per heavy atom. The molecular formula is C11H15ClN6O. The van der Waals surface area contributed by atoms with Gasteiger partial charge in [-0.05, 0) is 30.5 Å². The van der Waals surface area contributed by atoms with Crippen molar-refractivity contribution >= 4 is 17.5 Å². The Hall–Kier alpha value is -1.73. The fourth-order valence-electron chi connectivity index (χ4n) is 1.61. The van der Waals surface area contributed by atoms with Gasteiger partial charge in [0.1, 0.15) is 0 Å². The van der Waals surface area contributed by atoms with Crippen molar-refractivity contribution in [3.8, 4) is 5.95 Å². The van der Waals surface area contributed by atoms with Crippen molar-refractivity contribution in [2.75, 3.05) is 11.9 Å². The molecule has 7 nitrogen and oxygen atoms in total. The number of hydrogen-bond donors (Lipinski definition) is 2. The van der Waals surface area contributed by atoms with Gasteiger partial charge in [0, 0.05) is 25.0 Å². The first-order valence-electron chi connectivity index (χ1n) is 6.02. The third-order valence-electron chi connectivity index (χ3n) is 2.61. The van der Waals surface area contributed by atoms with Gasteiger partial charge in [-0.15, -0.1) is 0 Å². The molecule has 0 saturated carbocycles. The molecule has 1 atom stereocenters. The Bertz CT molecular complexity index is 518. The van der Waals surface area contributed by atoms with E-state index < -0.39 is 0 Å². The zero-order valence-electron chi connectivity index (χ0n) is 10.5. The molecule has 2 aromatic rings. The maximum absolute atomic E-state index is 8.97. The highest BCUT2D eigenvalue weighted by atomic mass is 35.5. The maximum Gasteiger partial charge on any atom is 0.256 e. The van der Waals surface area contributed by atoms with Gasteiger partial charge in [-0.3, -0.25) is 0 Å². The molecule has 0 spiro atoms. The summed E-state index contributed by atoms with van der Waals surface area (Å²) in [4.78, 5) is 12.3. The van der Waals surface area contributed by atoms with E-state index in [1.54, 1.807) is 18.5 Å². The molecule has 19 heavy (non-hydrogen) atoms. The molecule has 2 aromatic heterocycles. The third kappa shape index (κ3) is 3.62. The highest BCUT2D eigenvalue weighted by Gasteiger charge is 2.11. The summed E-state index contributed by atoms with van der Waals surface area (Å²) in [5, 5.41) is 16.2. The molecule has 0 radical (unpaired) electrons. The van der Waals surface area contributed by atoms with Gasteiger partial charge in [0.15, 0.2) is 0 Å². The first-order chi connectivity index (χ1) is 9.22. The summed E-state index contributed by atoms with van der Waals surface area (Å²) in [7, 11) is 0. The van der Waals surface area contributed by atoms with Crippen molar-refractivity contribution < 1.29 is 5.11 Å². The van der Waals surface area contributed by atoms with E-state index in [1.807, 2.05) is 6.92 Å². The molecule has 0 saturated heterocycles. The highest BCUT2D eigenvalue weighted by molar-refractivity contribution is 6.28. The fourth-order valence-corrected chi connectivity index (χ4v) is 1.77. The van der Waals surface area contributed by atoms with Crippen molar-refractivity contribution in [2.45, 2.75) is 25.8 Å². The Balaban J connectivity index is 2.21. The number of nitrogens with one attached hydrogen (secondary N) is 1. The molecule has 1 unspecified atom stereocenters. The fraction of sp³-hybridized carbons (Fsp3) is 0.455. The summed E-state index contributed by atoms with van der Waals surface area (Å²) >= 11 is 5.88. The smallest absolute Gasteiger partial charge is 0.256 e. The molecule has 0 aliphatic carbocycles. The van der Waals surface area contributed by atoms with E-state index in [4.69, 9.17) is 16.7 Å². The largest absolute Gasteiger partial charge is 0.396 e. The Kier molecular flexibility index (Phi) is 4.64. The van der Waals surface area contributed by atoms with Gasteiger partial charge in [0.25, 0.3) is 5.95 Å². The SMILES string of the molecule is CCC(CCO)Nc1nc(Cl)nc(-n2cccn2)n1. The number of hydrogen-bond acceptors (Lipinski definition) is 6. The van der Waals surface area contributed by atoms with E-state index in [1.165, 1.54) is 4.68 Å². The van der Waals surface area contributed by atoms with Crippen LogP contribution in [0.1, 0.15) is 19.8 Å². The molecule has 0 fully saturated rings. The maximum atomic E-state index is 8.97. The summed E-state index contributed by atoms with van der Waals surface area (Å²) in [6.45, 7) is 2.13. The van der Waals surface area contributed by atoms with Crippen LogP contribution in [0, 0.1) is 0 Å². The summed E-state index contributed by atoms with van der Waals surface area (Å²) in [6, 6.07) is 1.86. The van der Waals surface area contributed by atoms with Crippen molar-refractivity contribution in [1.29, 1.82) is 0 Å². The summed E-state index contributed by atoms with van der Waals surface area (Å²) in [5.74, 6) is 0.733. The molecule has 0 aliphatic heterocycles. The van der Waals surface area contributed by atoms with E-state index in [2.05, 4.69) is 25.4 Å². The van der Waals surface area contributed by atoms with Crippen LogP contribution < -0.4 is 5.32 Å². The minimum atomic E-state index is 0.0916. The van der Waals surface area contributed by atoms with Crippen molar-refractivity contribution in [3.05, 3.63) is 23.7 Å². The van der Waals surface area contributed by atoms with Crippen LogP contribution in [0.2, 0.25) is 5.28 Å². The van der Waals surface area contributed by atoms with Crippen LogP contribution in [0.3, 0.4) is 0 Å². The third-order valence-corrected chi connectivity index (χ3v) is 2.78. The Morgan fingerprint density at radius 2 is 2.26 bits per heavy atom. The molecule has 0 aliphatic rings. The Morgan fingerprint density at radius 3 is 2.89 bits per heavy atom. The van der Waals surface area contributed by atoms with Crippen molar-refractivity contribution in [1.82, 2.24) is 24.7 Å². The van der Waals surface area contributed by atoms with E-state index in [0.29, 0.717) is 18.3 Å². The van der Waals surface area contributed by atoms with E-state index in [9.17, 15) is 0 Å². The average Bonchev–Trinajstić information content (AvgIpc) is 2.91. The van der Waals surface area contributed by atoms with Gasteiger partial charge in [0.05, 0.1) is 0 Å². The lowest BCUT2D eigenvalue weighted by molar-refractivity contribution is 0.278. The van der Waals surface area contributed by atoms with E-state index >= 15 is 0 Å². The zero-order chi connectivity index (χ0) is 13.7. The predicted octanol–water partition coefficient (Wildman–Crippen LogP) is 1.28. The van der Waals surface area contributed by atoms with Gasteiger partial charge in [-0.2, -0.15) is 20.1 Å². The lowest BCUT2D eigenvalue weighted by atomic mass is 10.2. The van der Waals surface area contributed by atoms with Crippen LogP contribution in [0.4, 0.5) is 5.95 Å². The number of nitrogens with zero attached hydrogens (tertiary/aromatic N) is 5. The first-order valence-corrected chi connectivity index (χ1v) is 6.39. The molecular weight excluding hydrogens is 268 g/mol. The molecule has 0 bridgehead atoms. The molecule has 8 heteroatoms. The van der Waals surface area contributed by atoms with E-state index in [-0.39, 0.29) is 17.9 Å². The predicted molar refractivity (Wildman–Crippen MR) is 71.4 cm³/mol. The standard InChI is InChI=1S/C11H15ClN6O/c1-2-8(4-7-19)14-10-15-9(12)16-11(17-10)18-6-3-5-13-18/h3,5-6,8,19H,2,4,7H2,1H3,(H,14,15,16,17). The zero-order valence-corrected chi connectivity index (χ0v) is 11.2. The second-order valence-electron chi connectivity index (χ2n) is 3.94. The molecule has 0 amide bonds. The lowest BCUT2D eigenvalue weighted by Gasteiger charge is -2.15. The molecule has 102 valence electrons. The summed E-state index contributed by atoms with van der Waals surface area (Å²) < 4.78 is 1.51. The molecule has 2 N–H and O–H groups in total. The minimum Gasteiger partial charge on any atom is -0.396 e. The second-order valence-corrected chi connectivity index (χ2v) is 4.28. The average molecular weight is 283 g/mol. The monoisotopic (exact) mass is 282 g/mol. The van der Waals surface area contributed by atoms with Crippen LogP contribution in [-0.2, 0) is 0 Å². The topological polar surface area (TPSA) is 88.8 Å². The highest BCUT2D eigenvalue weighted by Crippen LogP contribution is 2.11. The molecule has 2 heterocycles. The van der Waals surface area contributed by atoms with Crippen LogP contribution >= 0.6 is 11.6 Å². The van der Waals surface area contributed by atoms with Crippen LogP contribution in [0.25, 0.3) is 5.95 Å². The number of aromatic nitrogens is 5. The number of aliphatic hydroxyl groups excluding tert-OH is 1. The van der Waals surface area contributed by atoms with Gasteiger partial charge in [-0.25, -0.2) is 4.68 Å². The second kappa shape index (κ2) is 6.44. The summed E-state index contributed by atoms with van der Waals surface area (Å²) in [6.07, 6.45) is 4.82. The number of aliphatic hydroxyl groups is 1. The number of anilines is 1. The number of halogens is 1. The van der Waals surface area contributed by atoms with Crippen molar-refractivity contribution in [2.24, 2.45) is 0 Å². The van der Waals surface area contributed by atoms with Crippen molar-refractivity contribution in [3.63, 3.8) is 0 Å². The van der Waals surface area contributed by atoms with Gasteiger partial charge >= 0.3 is 0 Å². The first kappa shape index (κ1) is 13.7. The van der Waals surface area contributed by atoms with Gasteiger partial charge < -0.3 is 10.4 Å². The van der Waals surface area contributed by atoms with Gasteiger partial charge in [-0.1, -0.05) is 6.92 Å². The quantitative estimate of drug-likeness (QED) is 0.830. The minimum absolute atomic E-state index is 0.0916. The van der Waals surface area contributed by atoms with Crippen LogP contribution in [0.15, 0.2) is 18.5 Å². The molecule has 0 aromatic carbocycles. The van der Waals surface area contributed by atoms with Gasteiger partial charge in [0.2, 0.25) is 11.2 Å².